The molecule has 0 amide bonds. The van der Waals surface area contributed by atoms with E-state index in [2.05, 4.69) is 15.2 Å². The van der Waals surface area contributed by atoms with E-state index in [4.69, 9.17) is 5.73 Å². The number of nitrogens with two attached hydrogens (primary N) is 1. The lowest BCUT2D eigenvalue weighted by Gasteiger charge is -2.11. The number of aromatic nitrogens is 5. The average molecular weight is 469 g/mol. The first-order valence-corrected chi connectivity index (χ1v) is 11.7. The van der Waals surface area contributed by atoms with E-state index in [-0.39, 0.29) is 17.1 Å². The molecular formula is C21H20N6O3S2. The number of nitrogen functional groups attached to an aromatic ring is 1. The Morgan fingerprint density at radius 3 is 2.62 bits per heavy atom. The fourth-order valence-corrected chi connectivity index (χ4v) is 4.77. The van der Waals surface area contributed by atoms with Gasteiger partial charge in [0.2, 0.25) is 0 Å². The van der Waals surface area contributed by atoms with Crippen LogP contribution in [-0.2, 0) is 6.54 Å². The topological polar surface area (TPSA) is 129 Å². The average Bonchev–Trinajstić information content (AvgIpc) is 3.45. The van der Waals surface area contributed by atoms with Gasteiger partial charge in [-0.1, -0.05) is 43.0 Å². The minimum atomic E-state index is -0.783. The fourth-order valence-electron chi connectivity index (χ4n) is 3.24. The van der Waals surface area contributed by atoms with Crippen LogP contribution in [0, 0.1) is 0 Å². The predicted octanol–water partition coefficient (Wildman–Crippen LogP) is 2.81. The Labute approximate surface area is 190 Å². The Kier molecular flexibility index (Phi) is 6.37. The number of carbonyl (C=O) groups is 1. The maximum absolute atomic E-state index is 12.9. The van der Waals surface area contributed by atoms with Crippen molar-refractivity contribution in [1.82, 2.24) is 24.3 Å². The molecule has 0 aliphatic heterocycles. The van der Waals surface area contributed by atoms with Crippen molar-refractivity contribution in [2.24, 2.45) is 0 Å². The number of hydrogen-bond acceptors (Lipinski definition) is 8. The Balaban J connectivity index is 1.67. The lowest BCUT2D eigenvalue weighted by molar-refractivity contribution is 0.102. The summed E-state index contributed by atoms with van der Waals surface area (Å²) in [6.07, 6.45) is 0.629. The van der Waals surface area contributed by atoms with Crippen molar-refractivity contribution in [3.05, 3.63) is 74.2 Å². The van der Waals surface area contributed by atoms with Gasteiger partial charge >= 0.3 is 5.69 Å². The lowest BCUT2D eigenvalue weighted by Crippen LogP contribution is -2.36. The summed E-state index contributed by atoms with van der Waals surface area (Å²) < 4.78 is 3.08. The van der Waals surface area contributed by atoms with Crippen LogP contribution < -0.4 is 17.0 Å². The molecule has 0 fully saturated rings. The number of hydrogen-bond donors (Lipinski definition) is 2. The van der Waals surface area contributed by atoms with E-state index in [1.54, 1.807) is 0 Å². The largest absolute Gasteiger partial charge is 0.384 e. The molecule has 0 unspecified atom stereocenters. The summed E-state index contributed by atoms with van der Waals surface area (Å²) in [5.41, 5.74) is 5.24. The van der Waals surface area contributed by atoms with Crippen molar-refractivity contribution >= 4 is 34.7 Å². The van der Waals surface area contributed by atoms with Crippen LogP contribution in [0.25, 0.3) is 16.4 Å². The number of H-pyrrole nitrogens is 1. The van der Waals surface area contributed by atoms with Crippen LogP contribution in [0.4, 0.5) is 5.82 Å². The highest BCUT2D eigenvalue weighted by Gasteiger charge is 2.22. The molecule has 3 aromatic heterocycles. The molecule has 4 rings (SSSR count). The van der Waals surface area contributed by atoms with Gasteiger partial charge in [-0.3, -0.25) is 23.7 Å². The molecular weight excluding hydrogens is 448 g/mol. The van der Waals surface area contributed by atoms with Crippen molar-refractivity contribution in [2.75, 3.05) is 11.5 Å². The molecule has 11 heteroatoms. The van der Waals surface area contributed by atoms with Crippen LogP contribution >= 0.6 is 23.1 Å². The van der Waals surface area contributed by atoms with Gasteiger partial charge in [0.05, 0.1) is 10.6 Å². The third-order valence-electron chi connectivity index (χ3n) is 4.69. The maximum Gasteiger partial charge on any atom is 0.329 e. The third kappa shape index (κ3) is 4.16. The zero-order valence-electron chi connectivity index (χ0n) is 17.1. The summed E-state index contributed by atoms with van der Waals surface area (Å²) >= 11 is 2.69. The third-order valence-corrected chi connectivity index (χ3v) is 6.48. The Morgan fingerprint density at radius 1 is 1.16 bits per heavy atom. The number of carbonyl (C=O) groups excluding carboxylic acids is 1. The molecule has 9 nitrogen and oxygen atoms in total. The second-order valence-electron chi connectivity index (χ2n) is 6.84. The van der Waals surface area contributed by atoms with Gasteiger partial charge in [-0.05, 0) is 30.0 Å². The number of Topliss-reactive ketones (excluding diaryl/α,β-unsaturated/α-hetero) is 1. The summed E-state index contributed by atoms with van der Waals surface area (Å²) in [5.74, 6) is -0.0311. The highest BCUT2D eigenvalue weighted by Crippen LogP contribution is 2.30. The summed E-state index contributed by atoms with van der Waals surface area (Å²) in [6.45, 7) is 2.18. The molecule has 3 heterocycles. The molecule has 0 bridgehead atoms. The summed E-state index contributed by atoms with van der Waals surface area (Å²) in [7, 11) is 0. The smallest absolute Gasteiger partial charge is 0.329 e. The number of thioether (sulfide) groups is 1. The van der Waals surface area contributed by atoms with Crippen LogP contribution in [0.2, 0.25) is 0 Å². The molecule has 0 aliphatic carbocycles. The first-order valence-electron chi connectivity index (χ1n) is 9.84. The molecule has 32 heavy (non-hydrogen) atoms. The number of benzene rings is 1. The second-order valence-corrected chi connectivity index (χ2v) is 8.73. The molecule has 4 aromatic rings. The highest BCUT2D eigenvalue weighted by molar-refractivity contribution is 7.99. The quantitative estimate of drug-likeness (QED) is 0.300. The van der Waals surface area contributed by atoms with E-state index in [1.807, 2.05) is 59.3 Å². The van der Waals surface area contributed by atoms with Gasteiger partial charge in [-0.15, -0.1) is 21.5 Å². The monoisotopic (exact) mass is 468 g/mol. The van der Waals surface area contributed by atoms with Gasteiger partial charge < -0.3 is 5.73 Å². The minimum absolute atomic E-state index is 0.0903. The van der Waals surface area contributed by atoms with Crippen LogP contribution in [0.3, 0.4) is 0 Å². The van der Waals surface area contributed by atoms with Gasteiger partial charge in [0.25, 0.3) is 5.56 Å². The van der Waals surface area contributed by atoms with Crippen molar-refractivity contribution < 1.29 is 4.79 Å². The van der Waals surface area contributed by atoms with E-state index in [0.717, 1.165) is 22.3 Å². The zero-order valence-corrected chi connectivity index (χ0v) is 18.8. The molecule has 0 saturated heterocycles. The summed E-state index contributed by atoms with van der Waals surface area (Å²) in [4.78, 5) is 40.4. The highest BCUT2D eigenvalue weighted by atomic mass is 32.2. The molecule has 3 N–H and O–H groups in total. The van der Waals surface area contributed by atoms with E-state index < -0.39 is 17.0 Å². The summed E-state index contributed by atoms with van der Waals surface area (Å²) in [6, 6.07) is 13.5. The Morgan fingerprint density at radius 2 is 1.94 bits per heavy atom. The van der Waals surface area contributed by atoms with Crippen molar-refractivity contribution in [3.8, 4) is 16.4 Å². The first kappa shape index (κ1) is 21.8. The predicted molar refractivity (Wildman–Crippen MR) is 126 cm³/mol. The minimum Gasteiger partial charge on any atom is -0.384 e. The van der Waals surface area contributed by atoms with Gasteiger partial charge in [0.1, 0.15) is 11.4 Å². The molecule has 0 atom stereocenters. The van der Waals surface area contributed by atoms with Crippen molar-refractivity contribution in [1.29, 1.82) is 0 Å². The number of nitrogens with one attached hydrogen (secondary N) is 1. The molecule has 0 saturated carbocycles. The van der Waals surface area contributed by atoms with Crippen molar-refractivity contribution in [3.63, 3.8) is 0 Å². The fraction of sp³-hybridized carbons (Fsp3) is 0.190. The van der Waals surface area contributed by atoms with Gasteiger partial charge in [-0.2, -0.15) is 0 Å². The number of para-hydroxylation sites is 1. The van der Waals surface area contributed by atoms with Crippen LogP contribution in [-0.4, -0.2) is 35.9 Å². The number of anilines is 1. The normalized spacial score (nSPS) is 11.0. The SMILES string of the molecule is CCCn1c(N)c(C(=O)CSc2nnc(-c3cccs3)n2-c2ccccc2)c(=O)[nH]c1=O. The summed E-state index contributed by atoms with van der Waals surface area (Å²) in [5, 5.41) is 11.1. The standard InChI is InChI=1S/C21H20N6O3S2/c1-2-10-26-17(22)16(19(29)23-20(26)30)14(28)12-32-21-25-24-18(15-9-6-11-31-15)27(21)13-7-4-3-5-8-13/h3-9,11H,2,10,12,22H2,1H3,(H,23,29,30). The molecule has 1 aromatic carbocycles. The van der Waals surface area contributed by atoms with E-state index >= 15 is 0 Å². The maximum atomic E-state index is 12.9. The van der Waals surface area contributed by atoms with Crippen molar-refractivity contribution in [2.45, 2.75) is 25.0 Å². The van der Waals surface area contributed by atoms with E-state index in [1.165, 1.54) is 15.9 Å². The first-order chi connectivity index (χ1) is 15.5. The molecule has 164 valence electrons. The number of nitrogens with zero attached hydrogens (tertiary/aromatic N) is 4. The Hall–Kier alpha value is -3.44. The van der Waals surface area contributed by atoms with Gasteiger partial charge in [0.15, 0.2) is 16.8 Å². The van der Waals surface area contributed by atoms with Crippen LogP contribution in [0.15, 0.2) is 62.6 Å². The van der Waals surface area contributed by atoms with Crippen LogP contribution in [0.1, 0.15) is 23.7 Å². The number of ketones is 1. The molecule has 0 radical (unpaired) electrons. The number of rotatable bonds is 8. The molecule has 0 aliphatic rings. The van der Waals surface area contributed by atoms with E-state index in [9.17, 15) is 14.4 Å². The number of thiophene rings is 1. The van der Waals surface area contributed by atoms with Gasteiger partial charge in [0, 0.05) is 12.2 Å². The zero-order chi connectivity index (χ0) is 22.7. The lowest BCUT2D eigenvalue weighted by atomic mass is 10.2. The van der Waals surface area contributed by atoms with Gasteiger partial charge in [-0.25, -0.2) is 4.79 Å². The number of aromatic amines is 1. The van der Waals surface area contributed by atoms with E-state index in [0.29, 0.717) is 23.9 Å². The second kappa shape index (κ2) is 9.37. The Bertz CT molecular complexity index is 1360. The molecule has 0 spiro atoms. The van der Waals surface area contributed by atoms with Crippen LogP contribution in [0.5, 0.6) is 0 Å².